The highest BCUT2D eigenvalue weighted by Gasteiger charge is 2.08. The Morgan fingerprint density at radius 1 is 1.11 bits per heavy atom. The molecule has 0 saturated carbocycles. The number of ether oxygens (including phenoxy) is 2. The van der Waals surface area contributed by atoms with Crippen molar-refractivity contribution in [1.82, 2.24) is 15.1 Å². The van der Waals surface area contributed by atoms with Crippen LogP contribution >= 0.6 is 0 Å². The first-order valence-corrected chi connectivity index (χ1v) is 8.73. The number of aryl methyl sites for hydroxylation is 1. The van der Waals surface area contributed by atoms with E-state index in [9.17, 15) is 4.79 Å². The van der Waals surface area contributed by atoms with Gasteiger partial charge in [0.15, 0.2) is 18.1 Å². The molecule has 27 heavy (non-hydrogen) atoms. The van der Waals surface area contributed by atoms with Gasteiger partial charge in [-0.25, -0.2) is 0 Å². The zero-order valence-corrected chi connectivity index (χ0v) is 15.5. The number of benzene rings is 2. The summed E-state index contributed by atoms with van der Waals surface area (Å²) in [6.45, 7) is 3.09. The smallest absolute Gasteiger partial charge is 0.258 e. The molecule has 0 fully saturated rings. The number of nitrogens with one attached hydrogen (secondary N) is 1. The van der Waals surface area contributed by atoms with E-state index in [4.69, 9.17) is 9.47 Å². The van der Waals surface area contributed by atoms with E-state index in [-0.39, 0.29) is 12.5 Å². The highest BCUT2D eigenvalue weighted by molar-refractivity contribution is 5.77. The molecule has 0 spiro atoms. The molecule has 3 aromatic rings. The number of carbonyl (C=O) groups is 1. The molecule has 0 atom stereocenters. The van der Waals surface area contributed by atoms with Crippen molar-refractivity contribution >= 4 is 5.91 Å². The molecule has 0 aliphatic carbocycles. The van der Waals surface area contributed by atoms with Gasteiger partial charge < -0.3 is 14.8 Å². The number of hydrogen-bond donors (Lipinski definition) is 1. The number of aromatic nitrogens is 2. The highest BCUT2D eigenvalue weighted by Crippen LogP contribution is 2.27. The summed E-state index contributed by atoms with van der Waals surface area (Å²) in [5, 5.41) is 7.05. The fourth-order valence-corrected chi connectivity index (χ4v) is 2.63. The molecule has 140 valence electrons. The van der Waals surface area contributed by atoms with E-state index in [0.29, 0.717) is 18.0 Å². The molecule has 1 heterocycles. The van der Waals surface area contributed by atoms with E-state index in [0.717, 1.165) is 23.2 Å². The molecule has 1 aromatic heterocycles. The van der Waals surface area contributed by atoms with E-state index in [1.807, 2.05) is 60.3 Å². The van der Waals surface area contributed by atoms with Crippen LogP contribution in [0.2, 0.25) is 0 Å². The molecule has 1 N–H and O–H groups in total. The van der Waals surface area contributed by atoms with Crippen LogP contribution in [0.4, 0.5) is 0 Å². The first-order valence-electron chi connectivity index (χ1n) is 8.73. The molecule has 0 radical (unpaired) electrons. The molecule has 2 aromatic carbocycles. The van der Waals surface area contributed by atoms with Crippen LogP contribution in [-0.4, -0.2) is 29.4 Å². The van der Waals surface area contributed by atoms with Crippen LogP contribution in [0, 0.1) is 6.92 Å². The fraction of sp³-hybridized carbons (Fsp3) is 0.238. The standard InChI is InChI=1S/C21H23N3O3/c1-16-4-9-19(20(12-16)26-2)27-15-21(25)22-13-17-5-7-18(8-6-17)14-24-11-3-10-23-24/h3-12H,13-15H2,1-2H3,(H,22,25). The summed E-state index contributed by atoms with van der Waals surface area (Å²) in [7, 11) is 1.58. The molecule has 0 unspecified atom stereocenters. The van der Waals surface area contributed by atoms with Crippen molar-refractivity contribution in [2.45, 2.75) is 20.0 Å². The van der Waals surface area contributed by atoms with E-state index < -0.39 is 0 Å². The Bertz CT molecular complexity index is 874. The molecule has 0 saturated heterocycles. The summed E-state index contributed by atoms with van der Waals surface area (Å²) in [4.78, 5) is 12.0. The van der Waals surface area contributed by atoms with Crippen molar-refractivity contribution in [3.05, 3.63) is 77.6 Å². The number of methoxy groups -OCH3 is 1. The van der Waals surface area contributed by atoms with Crippen LogP contribution in [0.15, 0.2) is 60.9 Å². The van der Waals surface area contributed by atoms with E-state index in [1.54, 1.807) is 19.4 Å². The van der Waals surface area contributed by atoms with Crippen LogP contribution in [-0.2, 0) is 17.9 Å². The third kappa shape index (κ3) is 5.34. The predicted octanol–water partition coefficient (Wildman–Crippen LogP) is 2.94. The van der Waals surface area contributed by atoms with Gasteiger partial charge in [-0.3, -0.25) is 9.48 Å². The fourth-order valence-electron chi connectivity index (χ4n) is 2.63. The third-order valence-electron chi connectivity index (χ3n) is 4.09. The number of hydrogen-bond acceptors (Lipinski definition) is 4. The van der Waals surface area contributed by atoms with Gasteiger partial charge in [0, 0.05) is 18.9 Å². The Hall–Kier alpha value is -3.28. The van der Waals surface area contributed by atoms with Crippen molar-refractivity contribution in [3.8, 4) is 11.5 Å². The SMILES string of the molecule is COc1cc(C)ccc1OCC(=O)NCc1ccc(Cn2cccn2)cc1. The van der Waals surface area contributed by atoms with Crippen LogP contribution in [0.3, 0.4) is 0 Å². The quantitative estimate of drug-likeness (QED) is 0.667. The summed E-state index contributed by atoms with van der Waals surface area (Å²) in [5.74, 6) is 0.995. The Labute approximate surface area is 158 Å². The molecule has 3 rings (SSSR count). The summed E-state index contributed by atoms with van der Waals surface area (Å²) in [5.41, 5.74) is 3.25. The van der Waals surface area contributed by atoms with Crippen molar-refractivity contribution in [1.29, 1.82) is 0 Å². The summed E-state index contributed by atoms with van der Waals surface area (Å²) >= 11 is 0. The lowest BCUT2D eigenvalue weighted by atomic mass is 10.1. The molecule has 0 aliphatic heterocycles. The van der Waals surface area contributed by atoms with Crippen molar-refractivity contribution in [3.63, 3.8) is 0 Å². The van der Waals surface area contributed by atoms with Gasteiger partial charge in [-0.05, 0) is 41.8 Å². The van der Waals surface area contributed by atoms with Gasteiger partial charge in [0.2, 0.25) is 0 Å². The Morgan fingerprint density at radius 2 is 1.89 bits per heavy atom. The van der Waals surface area contributed by atoms with Crippen molar-refractivity contribution in [2.75, 3.05) is 13.7 Å². The lowest BCUT2D eigenvalue weighted by Gasteiger charge is -2.11. The Kier molecular flexibility index (Phi) is 6.10. The maximum atomic E-state index is 12.0. The first-order chi connectivity index (χ1) is 13.1. The van der Waals surface area contributed by atoms with Crippen LogP contribution in [0.1, 0.15) is 16.7 Å². The van der Waals surface area contributed by atoms with Crippen LogP contribution in [0.5, 0.6) is 11.5 Å². The van der Waals surface area contributed by atoms with Gasteiger partial charge in [-0.2, -0.15) is 5.10 Å². The van der Waals surface area contributed by atoms with Crippen molar-refractivity contribution < 1.29 is 14.3 Å². The average molecular weight is 365 g/mol. The van der Waals surface area contributed by atoms with Gasteiger partial charge in [-0.1, -0.05) is 30.3 Å². The Balaban J connectivity index is 1.46. The first kappa shape index (κ1) is 18.5. The summed E-state index contributed by atoms with van der Waals surface area (Å²) in [6, 6.07) is 15.6. The van der Waals surface area contributed by atoms with Gasteiger partial charge in [-0.15, -0.1) is 0 Å². The summed E-state index contributed by atoms with van der Waals surface area (Å²) < 4.78 is 12.7. The maximum Gasteiger partial charge on any atom is 0.258 e. The normalized spacial score (nSPS) is 10.4. The minimum Gasteiger partial charge on any atom is -0.493 e. The van der Waals surface area contributed by atoms with Crippen LogP contribution in [0.25, 0.3) is 0 Å². The molecule has 0 bridgehead atoms. The molecular formula is C21H23N3O3. The molecule has 1 amide bonds. The lowest BCUT2D eigenvalue weighted by molar-refractivity contribution is -0.123. The largest absolute Gasteiger partial charge is 0.493 e. The Morgan fingerprint density at radius 3 is 2.59 bits per heavy atom. The second-order valence-corrected chi connectivity index (χ2v) is 6.24. The number of amides is 1. The number of carbonyl (C=O) groups excluding carboxylic acids is 1. The molecule has 6 heteroatoms. The lowest BCUT2D eigenvalue weighted by Crippen LogP contribution is -2.28. The van der Waals surface area contributed by atoms with E-state index in [1.165, 1.54) is 0 Å². The summed E-state index contributed by atoms with van der Waals surface area (Å²) in [6.07, 6.45) is 3.69. The maximum absolute atomic E-state index is 12.0. The molecule has 6 nitrogen and oxygen atoms in total. The second-order valence-electron chi connectivity index (χ2n) is 6.24. The van der Waals surface area contributed by atoms with E-state index in [2.05, 4.69) is 10.4 Å². The second kappa shape index (κ2) is 8.89. The molecule has 0 aliphatic rings. The van der Waals surface area contributed by atoms with Gasteiger partial charge in [0.25, 0.3) is 5.91 Å². The zero-order chi connectivity index (χ0) is 19.1. The minimum absolute atomic E-state index is 0.0587. The van der Waals surface area contributed by atoms with Gasteiger partial charge in [0.05, 0.1) is 13.7 Å². The van der Waals surface area contributed by atoms with Gasteiger partial charge in [0.1, 0.15) is 0 Å². The zero-order valence-electron chi connectivity index (χ0n) is 15.5. The number of rotatable bonds is 8. The minimum atomic E-state index is -0.182. The third-order valence-corrected chi connectivity index (χ3v) is 4.09. The predicted molar refractivity (Wildman–Crippen MR) is 103 cm³/mol. The molecular weight excluding hydrogens is 342 g/mol. The monoisotopic (exact) mass is 365 g/mol. The highest BCUT2D eigenvalue weighted by atomic mass is 16.5. The van der Waals surface area contributed by atoms with E-state index >= 15 is 0 Å². The van der Waals surface area contributed by atoms with Crippen LogP contribution < -0.4 is 14.8 Å². The van der Waals surface area contributed by atoms with Gasteiger partial charge >= 0.3 is 0 Å². The van der Waals surface area contributed by atoms with Crippen molar-refractivity contribution in [2.24, 2.45) is 0 Å². The average Bonchev–Trinajstić information content (AvgIpc) is 3.19. The number of nitrogens with zero attached hydrogens (tertiary/aromatic N) is 2. The topological polar surface area (TPSA) is 65.4 Å².